The summed E-state index contributed by atoms with van der Waals surface area (Å²) in [5.74, 6) is -2.32. The molecule has 0 radical (unpaired) electrons. The van der Waals surface area contributed by atoms with E-state index in [0.717, 1.165) is 16.8 Å². The van der Waals surface area contributed by atoms with Crippen molar-refractivity contribution in [3.63, 3.8) is 0 Å². The molecule has 6 heteroatoms. The molecule has 2 aliphatic heterocycles. The van der Waals surface area contributed by atoms with E-state index in [4.69, 9.17) is 4.74 Å². The van der Waals surface area contributed by atoms with E-state index in [1.165, 1.54) is 12.0 Å². The second-order valence-corrected chi connectivity index (χ2v) is 9.52. The SMILES string of the molecule is COC(=O)C[C@]1(C)[C@@H]2C(=O)N(c3ccccc3)C(=O)[C@H]2[C@H](c2ccc(C)cc2)N1c1ccccc1. The molecule has 35 heavy (non-hydrogen) atoms. The average Bonchev–Trinajstić information content (AvgIpc) is 3.29. The molecule has 6 nitrogen and oxygen atoms in total. The largest absolute Gasteiger partial charge is 0.469 e. The molecule has 0 spiro atoms. The number of nitrogens with zero attached hydrogens (tertiary/aromatic N) is 2. The van der Waals surface area contributed by atoms with Crippen LogP contribution < -0.4 is 9.80 Å². The van der Waals surface area contributed by atoms with Crippen LogP contribution in [0.2, 0.25) is 0 Å². The predicted octanol–water partition coefficient (Wildman–Crippen LogP) is 4.68. The molecular weight excluding hydrogens is 440 g/mol. The molecule has 3 aromatic rings. The van der Waals surface area contributed by atoms with Gasteiger partial charge in [0.15, 0.2) is 0 Å². The van der Waals surface area contributed by atoms with Crippen LogP contribution in [0.4, 0.5) is 11.4 Å². The van der Waals surface area contributed by atoms with Crippen molar-refractivity contribution in [2.75, 3.05) is 16.9 Å². The highest BCUT2D eigenvalue weighted by atomic mass is 16.5. The van der Waals surface area contributed by atoms with Gasteiger partial charge in [0.25, 0.3) is 0 Å². The standard InChI is InChI=1S/C29H28N2O4/c1-19-14-16-20(17-15-19)26-24-25(28(34)30(27(24)33)21-10-6-4-7-11-21)29(2,18-23(32)35-3)31(26)22-12-8-5-9-13-22/h4-17,24-26H,18H2,1-3H3/t24-,25+,26+,29-/m1/s1. The Hall–Kier alpha value is -3.93. The zero-order valence-electron chi connectivity index (χ0n) is 20.0. The maximum absolute atomic E-state index is 14.0. The van der Waals surface area contributed by atoms with E-state index in [1.54, 1.807) is 12.1 Å². The van der Waals surface area contributed by atoms with Gasteiger partial charge in [-0.3, -0.25) is 14.4 Å². The van der Waals surface area contributed by atoms with Gasteiger partial charge >= 0.3 is 5.97 Å². The van der Waals surface area contributed by atoms with Crippen molar-refractivity contribution in [2.24, 2.45) is 11.8 Å². The Labute approximate surface area is 205 Å². The number of rotatable bonds is 5. The van der Waals surface area contributed by atoms with Crippen molar-refractivity contribution in [3.05, 3.63) is 96.1 Å². The van der Waals surface area contributed by atoms with E-state index in [-0.39, 0.29) is 18.2 Å². The summed E-state index contributed by atoms with van der Waals surface area (Å²) >= 11 is 0. The third-order valence-corrected chi connectivity index (χ3v) is 7.39. The van der Waals surface area contributed by atoms with E-state index in [0.29, 0.717) is 5.69 Å². The number of esters is 1. The number of hydrogen-bond acceptors (Lipinski definition) is 5. The minimum absolute atomic E-state index is 0.0242. The second kappa shape index (κ2) is 8.69. The maximum Gasteiger partial charge on any atom is 0.307 e. The highest BCUT2D eigenvalue weighted by Crippen LogP contribution is 2.58. The van der Waals surface area contributed by atoms with E-state index in [1.807, 2.05) is 86.6 Å². The number of para-hydroxylation sites is 2. The lowest BCUT2D eigenvalue weighted by Crippen LogP contribution is -2.52. The van der Waals surface area contributed by atoms with Crippen LogP contribution in [0.3, 0.4) is 0 Å². The van der Waals surface area contributed by atoms with E-state index in [9.17, 15) is 14.4 Å². The number of imide groups is 1. The van der Waals surface area contributed by atoms with Gasteiger partial charge in [-0.05, 0) is 43.7 Å². The summed E-state index contributed by atoms with van der Waals surface area (Å²) in [6, 6.07) is 26.3. The van der Waals surface area contributed by atoms with Gasteiger partial charge in [-0.1, -0.05) is 66.2 Å². The van der Waals surface area contributed by atoms with E-state index in [2.05, 4.69) is 4.90 Å². The van der Waals surface area contributed by atoms with E-state index >= 15 is 0 Å². The Bertz CT molecular complexity index is 1260. The summed E-state index contributed by atoms with van der Waals surface area (Å²) in [4.78, 5) is 44.2. The van der Waals surface area contributed by atoms with Crippen LogP contribution in [0.1, 0.15) is 30.5 Å². The molecule has 3 aromatic carbocycles. The lowest BCUT2D eigenvalue weighted by atomic mass is 9.78. The molecule has 4 atom stereocenters. The molecule has 0 unspecified atom stereocenters. The number of aryl methyl sites for hydroxylation is 1. The van der Waals surface area contributed by atoms with Gasteiger partial charge in [0.1, 0.15) is 0 Å². The van der Waals surface area contributed by atoms with Gasteiger partial charge in [0.05, 0.1) is 42.6 Å². The molecule has 5 rings (SSSR count). The van der Waals surface area contributed by atoms with Gasteiger partial charge in [-0.2, -0.15) is 0 Å². The van der Waals surface area contributed by atoms with Gasteiger partial charge < -0.3 is 9.64 Å². The van der Waals surface area contributed by atoms with Crippen molar-refractivity contribution in [1.82, 2.24) is 0 Å². The predicted molar refractivity (Wildman–Crippen MR) is 134 cm³/mol. The Morgan fingerprint density at radius 1 is 0.857 bits per heavy atom. The summed E-state index contributed by atoms with van der Waals surface area (Å²) < 4.78 is 5.06. The molecule has 0 N–H and O–H groups in total. The summed E-state index contributed by atoms with van der Waals surface area (Å²) in [7, 11) is 1.35. The number of carbonyl (C=O) groups is 3. The monoisotopic (exact) mass is 468 g/mol. The number of amides is 2. The number of fused-ring (bicyclic) bond motifs is 1. The van der Waals surface area contributed by atoms with Crippen LogP contribution in [-0.2, 0) is 19.1 Å². The van der Waals surface area contributed by atoms with Gasteiger partial charge in [0.2, 0.25) is 11.8 Å². The third-order valence-electron chi connectivity index (χ3n) is 7.39. The second-order valence-electron chi connectivity index (χ2n) is 9.52. The minimum Gasteiger partial charge on any atom is -0.469 e. The first-order valence-corrected chi connectivity index (χ1v) is 11.8. The molecule has 2 amide bonds. The van der Waals surface area contributed by atoms with Crippen molar-refractivity contribution in [1.29, 1.82) is 0 Å². The van der Waals surface area contributed by atoms with E-state index < -0.39 is 29.4 Å². The molecular formula is C29H28N2O4. The zero-order valence-corrected chi connectivity index (χ0v) is 20.0. The first-order chi connectivity index (χ1) is 16.9. The van der Waals surface area contributed by atoms with Crippen molar-refractivity contribution >= 4 is 29.2 Å². The maximum atomic E-state index is 14.0. The van der Waals surface area contributed by atoms with Crippen LogP contribution in [0.15, 0.2) is 84.9 Å². The molecule has 2 saturated heterocycles. The Kier molecular flexibility index (Phi) is 5.67. The molecule has 0 aromatic heterocycles. The third kappa shape index (κ3) is 3.60. The van der Waals surface area contributed by atoms with Gasteiger partial charge in [0, 0.05) is 5.69 Å². The van der Waals surface area contributed by atoms with Crippen molar-refractivity contribution < 1.29 is 19.1 Å². The molecule has 2 heterocycles. The summed E-state index contributed by atoms with van der Waals surface area (Å²) in [6.45, 7) is 3.92. The van der Waals surface area contributed by atoms with Gasteiger partial charge in [-0.15, -0.1) is 0 Å². The number of methoxy groups -OCH3 is 1. The first-order valence-electron chi connectivity index (χ1n) is 11.8. The summed E-state index contributed by atoms with van der Waals surface area (Å²) in [5.41, 5.74) is 2.45. The highest BCUT2D eigenvalue weighted by molar-refractivity contribution is 6.23. The summed E-state index contributed by atoms with van der Waals surface area (Å²) in [5, 5.41) is 0. The minimum atomic E-state index is -0.981. The van der Waals surface area contributed by atoms with Crippen LogP contribution in [0, 0.1) is 18.8 Å². The first kappa shape index (κ1) is 22.8. The highest BCUT2D eigenvalue weighted by Gasteiger charge is 2.68. The average molecular weight is 469 g/mol. The fourth-order valence-corrected chi connectivity index (χ4v) is 5.85. The van der Waals surface area contributed by atoms with Crippen LogP contribution >= 0.6 is 0 Å². The number of carbonyl (C=O) groups excluding carboxylic acids is 3. The normalized spacial score (nSPS) is 25.6. The Balaban J connectivity index is 1.73. The molecule has 0 saturated carbocycles. The zero-order chi connectivity index (χ0) is 24.7. The Morgan fingerprint density at radius 2 is 1.43 bits per heavy atom. The van der Waals surface area contributed by atoms with Gasteiger partial charge in [-0.25, -0.2) is 4.90 Å². The lowest BCUT2D eigenvalue weighted by molar-refractivity contribution is -0.142. The number of hydrogen-bond donors (Lipinski definition) is 0. The topological polar surface area (TPSA) is 66.9 Å². The molecule has 2 aliphatic rings. The number of ether oxygens (including phenoxy) is 1. The smallest absolute Gasteiger partial charge is 0.307 e. The Morgan fingerprint density at radius 3 is 2.00 bits per heavy atom. The fraction of sp³-hybridized carbons (Fsp3) is 0.276. The van der Waals surface area contributed by atoms with Crippen LogP contribution in [0.5, 0.6) is 0 Å². The molecule has 0 aliphatic carbocycles. The fourth-order valence-electron chi connectivity index (χ4n) is 5.85. The van der Waals surface area contributed by atoms with Crippen LogP contribution in [0.25, 0.3) is 0 Å². The molecule has 0 bridgehead atoms. The molecule has 178 valence electrons. The summed E-state index contributed by atoms with van der Waals surface area (Å²) in [6.07, 6.45) is -0.0242. The molecule has 2 fully saturated rings. The van der Waals surface area contributed by atoms with Crippen molar-refractivity contribution in [3.8, 4) is 0 Å². The quantitative estimate of drug-likeness (QED) is 0.402. The number of benzene rings is 3. The van der Waals surface area contributed by atoms with Crippen LogP contribution in [-0.4, -0.2) is 30.4 Å². The van der Waals surface area contributed by atoms with Crippen molar-refractivity contribution in [2.45, 2.75) is 31.8 Å². The lowest BCUT2D eigenvalue weighted by Gasteiger charge is -2.42. The number of anilines is 2.